The van der Waals surface area contributed by atoms with Gasteiger partial charge in [0.1, 0.15) is 22.8 Å². The Balaban J connectivity index is 1.36. The molecule has 1 unspecified atom stereocenters. The molecule has 4 atom stereocenters. The highest BCUT2D eigenvalue weighted by Crippen LogP contribution is 2.53. The quantitative estimate of drug-likeness (QED) is 0.255. The Morgan fingerprint density at radius 1 is 1.02 bits per heavy atom. The highest BCUT2D eigenvalue weighted by Gasteiger charge is 2.63. The first-order valence-electron chi connectivity index (χ1n) is 15.1. The van der Waals surface area contributed by atoms with Gasteiger partial charge in [0.05, 0.1) is 24.5 Å². The number of methoxy groups -OCH3 is 1. The molecule has 6 rings (SSSR count). The first-order valence-corrected chi connectivity index (χ1v) is 15.1. The highest BCUT2D eigenvalue weighted by atomic mass is 16.5. The lowest BCUT2D eigenvalue weighted by Crippen LogP contribution is -2.63. The predicted molar refractivity (Wildman–Crippen MR) is 170 cm³/mol. The maximum absolute atomic E-state index is 14.0. The summed E-state index contributed by atoms with van der Waals surface area (Å²) in [5.74, 6) is -6.43. The molecule has 7 N–H and O–H groups in total. The lowest BCUT2D eigenvalue weighted by molar-refractivity contribution is -0.148. The van der Waals surface area contributed by atoms with Gasteiger partial charge in [-0.25, -0.2) is 0 Å². The van der Waals surface area contributed by atoms with Gasteiger partial charge in [-0.15, -0.1) is 0 Å². The van der Waals surface area contributed by atoms with Crippen molar-refractivity contribution in [1.82, 2.24) is 4.90 Å². The van der Waals surface area contributed by atoms with E-state index in [1.165, 1.54) is 11.0 Å². The summed E-state index contributed by atoms with van der Waals surface area (Å²) in [6.07, 6.45) is 4.83. The summed E-state index contributed by atoms with van der Waals surface area (Å²) in [6, 6.07) is 8.99. The van der Waals surface area contributed by atoms with Crippen molar-refractivity contribution >= 4 is 29.1 Å². The number of benzene rings is 2. The van der Waals surface area contributed by atoms with Crippen molar-refractivity contribution in [3.05, 3.63) is 93.7 Å². The topological polar surface area (TPSA) is 200 Å². The Hall–Kier alpha value is -5.20. The van der Waals surface area contributed by atoms with E-state index in [1.54, 1.807) is 63.7 Å². The molecule has 0 spiro atoms. The van der Waals surface area contributed by atoms with Crippen molar-refractivity contribution in [3.8, 4) is 16.9 Å². The van der Waals surface area contributed by atoms with Crippen LogP contribution >= 0.6 is 0 Å². The number of primary amides is 1. The van der Waals surface area contributed by atoms with Gasteiger partial charge in [-0.1, -0.05) is 24.3 Å². The number of nitrogens with one attached hydrogen (secondary N) is 1. The Bertz CT molecular complexity index is 1870. The number of rotatable bonds is 6. The Morgan fingerprint density at radius 3 is 2.32 bits per heavy atom. The number of hydrogen-bond acceptors (Lipinski definition) is 10. The molecule has 2 aromatic carbocycles. The minimum Gasteiger partial charge on any atom is -0.510 e. The van der Waals surface area contributed by atoms with E-state index in [0.717, 1.165) is 5.76 Å². The van der Waals surface area contributed by atoms with E-state index in [-0.39, 0.29) is 35.6 Å². The monoisotopic (exact) mass is 641 g/mol. The third kappa shape index (κ3) is 4.91. The number of fused-ring (bicyclic) bond motifs is 3. The molecule has 12 heteroatoms. The van der Waals surface area contributed by atoms with Crippen LogP contribution in [0.15, 0.2) is 82.5 Å². The Labute approximate surface area is 270 Å². The summed E-state index contributed by atoms with van der Waals surface area (Å²) in [4.78, 5) is 54.0. The molecule has 0 heterocycles. The Kier molecular flexibility index (Phi) is 7.81. The molecule has 2 aromatic rings. The number of aliphatic hydroxyl groups excluding tert-OH is 2. The summed E-state index contributed by atoms with van der Waals surface area (Å²) >= 11 is 0. The molecule has 0 saturated heterocycles. The zero-order valence-electron chi connectivity index (χ0n) is 26.0. The summed E-state index contributed by atoms with van der Waals surface area (Å²) < 4.78 is 5.22. The van der Waals surface area contributed by atoms with Crippen LogP contribution in [0.3, 0.4) is 0 Å². The number of amides is 2. The number of phenols is 1. The van der Waals surface area contributed by atoms with Crippen LogP contribution in [-0.4, -0.2) is 81.6 Å². The van der Waals surface area contributed by atoms with Crippen molar-refractivity contribution in [2.45, 2.75) is 37.3 Å². The van der Waals surface area contributed by atoms with Gasteiger partial charge < -0.3 is 36.2 Å². The number of ketones is 2. The largest absolute Gasteiger partial charge is 0.510 e. The normalized spacial score (nSPS) is 25.4. The van der Waals surface area contributed by atoms with E-state index in [0.29, 0.717) is 40.8 Å². The van der Waals surface area contributed by atoms with Crippen LogP contribution in [0.4, 0.5) is 5.69 Å². The molecule has 12 nitrogen and oxygen atoms in total. The lowest BCUT2D eigenvalue weighted by atomic mass is 9.58. The van der Waals surface area contributed by atoms with Crippen molar-refractivity contribution < 1.29 is 44.3 Å². The highest BCUT2D eigenvalue weighted by molar-refractivity contribution is 6.25. The molecule has 0 aliphatic heterocycles. The predicted octanol–water partition coefficient (Wildman–Crippen LogP) is 2.98. The molecule has 47 heavy (non-hydrogen) atoms. The summed E-state index contributed by atoms with van der Waals surface area (Å²) in [5, 5.41) is 48.0. The maximum atomic E-state index is 14.0. The fourth-order valence-electron chi connectivity index (χ4n) is 7.44. The third-order valence-electron chi connectivity index (χ3n) is 9.72. The van der Waals surface area contributed by atoms with Gasteiger partial charge in [0, 0.05) is 29.2 Å². The van der Waals surface area contributed by atoms with Crippen molar-refractivity contribution in [1.29, 1.82) is 0 Å². The minimum absolute atomic E-state index is 0.0112. The van der Waals surface area contributed by atoms with Crippen LogP contribution in [0.5, 0.6) is 5.75 Å². The number of aromatic hydroxyl groups is 1. The number of aliphatic hydroxyl groups is 3. The molecule has 0 bridgehead atoms. The minimum atomic E-state index is -2.70. The molecule has 2 amide bonds. The molecule has 4 aliphatic rings. The number of carbonyl (C=O) groups is 4. The molecule has 0 aromatic heterocycles. The number of ether oxygens (including phenoxy) is 1. The number of Topliss-reactive ketones (excluding diaryl/α,β-unsaturated/α-hetero) is 2. The van der Waals surface area contributed by atoms with Crippen LogP contribution in [-0.2, 0) is 25.5 Å². The Morgan fingerprint density at radius 2 is 1.72 bits per heavy atom. The van der Waals surface area contributed by atoms with Crippen molar-refractivity contribution in [2.24, 2.45) is 17.6 Å². The van der Waals surface area contributed by atoms with E-state index in [2.05, 4.69) is 5.32 Å². The van der Waals surface area contributed by atoms with Gasteiger partial charge in [0.2, 0.25) is 5.78 Å². The van der Waals surface area contributed by atoms with Gasteiger partial charge in [-0.2, -0.15) is 0 Å². The smallest absolute Gasteiger partial charge is 0.255 e. The zero-order chi connectivity index (χ0) is 33.9. The third-order valence-corrected chi connectivity index (χ3v) is 9.72. The van der Waals surface area contributed by atoms with E-state index in [1.807, 2.05) is 0 Å². The van der Waals surface area contributed by atoms with Gasteiger partial charge >= 0.3 is 0 Å². The number of anilines is 1. The fourth-order valence-corrected chi connectivity index (χ4v) is 7.44. The molecule has 0 fully saturated rings. The molecular weight excluding hydrogens is 606 g/mol. The van der Waals surface area contributed by atoms with E-state index < -0.39 is 58.0 Å². The summed E-state index contributed by atoms with van der Waals surface area (Å²) in [5.41, 5.74) is 4.57. The van der Waals surface area contributed by atoms with Gasteiger partial charge in [0.15, 0.2) is 11.4 Å². The zero-order valence-corrected chi connectivity index (χ0v) is 26.0. The number of nitrogens with zero attached hydrogens (tertiary/aromatic N) is 1. The standard InChI is InChI=1S/C35H35N3O9/c1-38(2)28-23-15-18-14-22-21(16-4-8-19(9-5-16)37-34(45)17-6-10-20(47-3)11-7-17)12-13-24(39)26(22)29(40)25(18)31(42)35(23,46)32(43)27(30(28)41)33(36)44/h4-6,8-10,12-13,18,23,28,39,41-42,46H,7,11,14-15H2,1-3H3,(H2,36,44)(H,37,45)/t18-,23-,28?,35-/m0/s1. The second kappa shape index (κ2) is 11.6. The van der Waals surface area contributed by atoms with Gasteiger partial charge in [-0.3, -0.25) is 24.1 Å². The molecule has 4 aliphatic carbocycles. The SMILES string of the molecule is COC1=CC=C(C(=O)Nc2ccc(-c3ccc(O)c4c3C[C@H]3C[C@H]5C(N(C)C)C(O)=C(C(N)=O)C(=O)[C@@]5(O)C(O)=C3C4=O)cc2)CC1. The summed E-state index contributed by atoms with van der Waals surface area (Å²) in [7, 11) is 4.75. The van der Waals surface area contributed by atoms with Crippen LogP contribution < -0.4 is 11.1 Å². The number of hydrogen-bond donors (Lipinski definition) is 6. The average molecular weight is 642 g/mol. The van der Waals surface area contributed by atoms with Crippen LogP contribution in [0, 0.1) is 11.8 Å². The van der Waals surface area contributed by atoms with Crippen molar-refractivity contribution in [2.75, 3.05) is 26.5 Å². The number of carbonyl (C=O) groups excluding carboxylic acids is 4. The van der Waals surface area contributed by atoms with Gasteiger partial charge in [-0.05, 0) is 80.2 Å². The first kappa shape index (κ1) is 31.8. The van der Waals surface area contributed by atoms with Crippen molar-refractivity contribution in [3.63, 3.8) is 0 Å². The number of phenolic OH excluding ortho intramolecular Hbond substituents is 1. The van der Waals surface area contributed by atoms with Crippen LogP contribution in [0.25, 0.3) is 11.1 Å². The number of nitrogens with two attached hydrogens (primary N) is 1. The van der Waals surface area contributed by atoms with E-state index in [4.69, 9.17) is 10.5 Å². The van der Waals surface area contributed by atoms with Crippen LogP contribution in [0.1, 0.15) is 35.2 Å². The molecular formula is C35H35N3O9. The number of likely N-dealkylation sites (N-methyl/N-ethyl adjacent to an activating group) is 1. The van der Waals surface area contributed by atoms with E-state index in [9.17, 15) is 39.6 Å². The van der Waals surface area contributed by atoms with Gasteiger partial charge in [0.25, 0.3) is 11.8 Å². The lowest BCUT2D eigenvalue weighted by Gasteiger charge is -2.50. The maximum Gasteiger partial charge on any atom is 0.255 e. The number of allylic oxidation sites excluding steroid dienone is 4. The first-order chi connectivity index (χ1) is 22.3. The molecule has 244 valence electrons. The van der Waals surface area contributed by atoms with E-state index >= 15 is 0 Å². The second-order valence-electron chi connectivity index (χ2n) is 12.5. The average Bonchev–Trinajstić information content (AvgIpc) is 3.03. The van der Waals surface area contributed by atoms with Crippen LogP contribution in [0.2, 0.25) is 0 Å². The summed E-state index contributed by atoms with van der Waals surface area (Å²) in [6.45, 7) is 0. The fraction of sp³-hybridized carbons (Fsp3) is 0.314. The second-order valence-corrected chi connectivity index (χ2v) is 12.5. The molecule has 0 radical (unpaired) electrons. The molecule has 0 saturated carbocycles.